The van der Waals surface area contributed by atoms with Crippen LogP contribution in [0.25, 0.3) is 0 Å². The first-order valence-electron chi connectivity index (χ1n) is 16.1. The number of rotatable bonds is 27. The van der Waals surface area contributed by atoms with E-state index in [1.165, 1.54) is 25.7 Å². The van der Waals surface area contributed by atoms with Crippen LogP contribution < -0.4 is 0 Å². The third-order valence-electron chi connectivity index (χ3n) is 6.55. The molecule has 0 heterocycles. The summed E-state index contributed by atoms with van der Waals surface area (Å²) in [6, 6.07) is 0. The molecule has 1 unspecified atom stereocenters. The summed E-state index contributed by atoms with van der Waals surface area (Å²) in [7, 11) is 0. The second kappa shape index (κ2) is 29.3. The van der Waals surface area contributed by atoms with Gasteiger partial charge in [-0.05, 0) is 57.3 Å². The summed E-state index contributed by atoms with van der Waals surface area (Å²) >= 11 is 0. The van der Waals surface area contributed by atoms with Gasteiger partial charge in [0.15, 0.2) is 0 Å². The zero-order valence-corrected chi connectivity index (χ0v) is 26.3. The molecule has 0 aromatic heterocycles. The van der Waals surface area contributed by atoms with Crippen LogP contribution in [-0.4, -0.2) is 47.6 Å². The first kappa shape index (κ1) is 38.8. The lowest BCUT2D eigenvalue weighted by Gasteiger charge is -2.12. The molecule has 0 aliphatic rings. The Bertz CT molecular complexity index is 737. The van der Waals surface area contributed by atoms with Crippen LogP contribution in [0.1, 0.15) is 130 Å². The van der Waals surface area contributed by atoms with Crippen molar-refractivity contribution in [3.05, 3.63) is 48.6 Å². The number of aliphatic hydroxyl groups excluding tert-OH is 2. The number of unbranched alkanes of at least 4 members (excludes halogenated alkanes) is 6. The molecule has 0 amide bonds. The molecule has 0 spiro atoms. The van der Waals surface area contributed by atoms with Crippen LogP contribution >= 0.6 is 0 Å². The maximum atomic E-state index is 11.9. The first-order valence-corrected chi connectivity index (χ1v) is 16.1. The molecule has 2 N–H and O–H groups in total. The highest BCUT2D eigenvalue weighted by Gasteiger charge is 2.12. The summed E-state index contributed by atoms with van der Waals surface area (Å²) in [5.74, 6) is 0.109. The molecular formula is C35H60O6. The number of carbonyl (C=O) groups excluding carboxylic acids is 2. The standard InChI is InChI=1S/C35H60O6/c1-4-24-32(36)26-21-17-12-10-8-6-5-7-9-11-13-18-22-27-34(38)40-29-33(37)30-41-35(39)28-23-19-15-14-16-20-25-31(2)3/h5,7-8,10-11,13,17,21,31-33,36-37H,4,6,9,12,14-16,18-20,22-30H2,1-3H3/b7-5-,10-8-,13-11-,21-17-/t32?,33-/m1/s1. The Kier molecular flexibility index (Phi) is 27.8. The number of esters is 2. The number of hydrogen-bond donors (Lipinski definition) is 2. The number of ether oxygens (including phenoxy) is 2. The van der Waals surface area contributed by atoms with Crippen molar-refractivity contribution in [2.45, 2.75) is 142 Å². The molecule has 2 atom stereocenters. The van der Waals surface area contributed by atoms with Crippen molar-refractivity contribution in [3.63, 3.8) is 0 Å². The van der Waals surface area contributed by atoms with Crippen LogP contribution in [0.3, 0.4) is 0 Å². The highest BCUT2D eigenvalue weighted by molar-refractivity contribution is 5.69. The van der Waals surface area contributed by atoms with Gasteiger partial charge in [0.05, 0.1) is 6.10 Å². The normalized spacial score (nSPS) is 13.7. The molecule has 6 nitrogen and oxygen atoms in total. The molecule has 0 aliphatic heterocycles. The van der Waals surface area contributed by atoms with E-state index < -0.39 is 6.10 Å². The predicted octanol–water partition coefficient (Wildman–Crippen LogP) is 8.33. The van der Waals surface area contributed by atoms with E-state index in [4.69, 9.17) is 9.47 Å². The molecule has 0 aliphatic carbocycles. The summed E-state index contributed by atoms with van der Waals surface area (Å²) in [5.41, 5.74) is 0. The topological polar surface area (TPSA) is 93.1 Å². The number of aliphatic hydroxyl groups is 2. The maximum Gasteiger partial charge on any atom is 0.305 e. The minimum Gasteiger partial charge on any atom is -0.463 e. The third kappa shape index (κ3) is 30.6. The SMILES string of the molecule is CCCC(O)C/C=C\C/C=C\C/C=C\C/C=C\CCCC(=O)OC[C@@H](O)COC(=O)CCCCCCCCC(C)C. The monoisotopic (exact) mass is 576 g/mol. The quantitative estimate of drug-likeness (QED) is 0.0580. The fourth-order valence-corrected chi connectivity index (χ4v) is 4.10. The van der Waals surface area contributed by atoms with Crippen LogP contribution in [0.15, 0.2) is 48.6 Å². The van der Waals surface area contributed by atoms with Gasteiger partial charge in [-0.2, -0.15) is 0 Å². The van der Waals surface area contributed by atoms with E-state index in [2.05, 4.69) is 63.3 Å². The fraction of sp³-hybridized carbons (Fsp3) is 0.714. The summed E-state index contributed by atoms with van der Waals surface area (Å²) < 4.78 is 10.2. The van der Waals surface area contributed by atoms with Gasteiger partial charge in [0.1, 0.15) is 19.3 Å². The third-order valence-corrected chi connectivity index (χ3v) is 6.55. The highest BCUT2D eigenvalue weighted by Crippen LogP contribution is 2.12. The zero-order valence-electron chi connectivity index (χ0n) is 26.3. The van der Waals surface area contributed by atoms with Crippen LogP contribution in [-0.2, 0) is 19.1 Å². The summed E-state index contributed by atoms with van der Waals surface area (Å²) in [5, 5.41) is 19.6. The Morgan fingerprint density at radius 2 is 1.10 bits per heavy atom. The minimum absolute atomic E-state index is 0.144. The van der Waals surface area contributed by atoms with Crippen molar-refractivity contribution >= 4 is 11.9 Å². The Morgan fingerprint density at radius 1 is 0.610 bits per heavy atom. The average Bonchev–Trinajstić information content (AvgIpc) is 2.94. The second-order valence-electron chi connectivity index (χ2n) is 11.2. The molecule has 0 aromatic carbocycles. The number of hydrogen-bond acceptors (Lipinski definition) is 6. The minimum atomic E-state index is -0.994. The largest absolute Gasteiger partial charge is 0.463 e. The van der Waals surface area contributed by atoms with Crippen molar-refractivity contribution in [1.29, 1.82) is 0 Å². The van der Waals surface area contributed by atoms with Gasteiger partial charge in [0.2, 0.25) is 0 Å². The second-order valence-corrected chi connectivity index (χ2v) is 11.2. The highest BCUT2D eigenvalue weighted by atomic mass is 16.6. The molecule has 0 bridgehead atoms. The average molecular weight is 577 g/mol. The molecule has 0 fully saturated rings. The Balaban J connectivity index is 3.63. The molecule has 6 heteroatoms. The van der Waals surface area contributed by atoms with Gasteiger partial charge >= 0.3 is 11.9 Å². The van der Waals surface area contributed by atoms with Crippen LogP contribution in [0, 0.1) is 5.92 Å². The Labute approximate surface area is 251 Å². The van der Waals surface area contributed by atoms with Crippen LogP contribution in [0.2, 0.25) is 0 Å². The molecule has 236 valence electrons. The van der Waals surface area contributed by atoms with E-state index in [1.807, 2.05) is 6.08 Å². The molecule has 0 saturated carbocycles. The molecule has 41 heavy (non-hydrogen) atoms. The van der Waals surface area contributed by atoms with Crippen LogP contribution in [0.4, 0.5) is 0 Å². The number of carbonyl (C=O) groups is 2. The van der Waals surface area contributed by atoms with Crippen molar-refractivity contribution < 1.29 is 29.3 Å². The van der Waals surface area contributed by atoms with Gasteiger partial charge in [0.25, 0.3) is 0 Å². The van der Waals surface area contributed by atoms with E-state index in [9.17, 15) is 19.8 Å². The molecule has 0 saturated heterocycles. The number of allylic oxidation sites excluding steroid dienone is 7. The van der Waals surface area contributed by atoms with Gasteiger partial charge in [-0.3, -0.25) is 9.59 Å². The Hall–Kier alpha value is -2.18. The van der Waals surface area contributed by atoms with E-state index >= 15 is 0 Å². The predicted molar refractivity (Wildman–Crippen MR) is 169 cm³/mol. The van der Waals surface area contributed by atoms with Gasteiger partial charge in [-0.15, -0.1) is 0 Å². The summed E-state index contributed by atoms with van der Waals surface area (Å²) in [4.78, 5) is 23.7. The fourth-order valence-electron chi connectivity index (χ4n) is 4.10. The van der Waals surface area contributed by atoms with Crippen molar-refractivity contribution in [3.8, 4) is 0 Å². The zero-order chi connectivity index (χ0) is 30.4. The van der Waals surface area contributed by atoms with E-state index in [0.717, 1.165) is 70.1 Å². The molecule has 0 radical (unpaired) electrons. The summed E-state index contributed by atoms with van der Waals surface area (Å²) in [6.45, 7) is 6.28. The molecule has 0 rings (SSSR count). The smallest absolute Gasteiger partial charge is 0.305 e. The van der Waals surface area contributed by atoms with E-state index in [-0.39, 0.29) is 31.3 Å². The lowest BCUT2D eigenvalue weighted by molar-refractivity contribution is -0.152. The maximum absolute atomic E-state index is 11.9. The van der Waals surface area contributed by atoms with E-state index in [1.54, 1.807) is 0 Å². The van der Waals surface area contributed by atoms with Gasteiger partial charge in [0, 0.05) is 12.8 Å². The first-order chi connectivity index (χ1) is 19.8. The van der Waals surface area contributed by atoms with Crippen molar-refractivity contribution in [2.24, 2.45) is 5.92 Å². The van der Waals surface area contributed by atoms with Gasteiger partial charge < -0.3 is 19.7 Å². The van der Waals surface area contributed by atoms with Crippen molar-refractivity contribution in [2.75, 3.05) is 13.2 Å². The molecular weight excluding hydrogens is 516 g/mol. The van der Waals surface area contributed by atoms with Gasteiger partial charge in [-0.1, -0.05) is 114 Å². The van der Waals surface area contributed by atoms with Gasteiger partial charge in [-0.25, -0.2) is 0 Å². The Morgan fingerprint density at radius 3 is 1.66 bits per heavy atom. The molecule has 0 aromatic rings. The summed E-state index contributed by atoms with van der Waals surface area (Å²) in [6.07, 6.45) is 31.0. The van der Waals surface area contributed by atoms with Crippen molar-refractivity contribution in [1.82, 2.24) is 0 Å². The van der Waals surface area contributed by atoms with E-state index in [0.29, 0.717) is 19.3 Å². The lowest BCUT2D eigenvalue weighted by atomic mass is 10.0. The lowest BCUT2D eigenvalue weighted by Crippen LogP contribution is -2.25. The van der Waals surface area contributed by atoms with Crippen LogP contribution in [0.5, 0.6) is 0 Å².